The van der Waals surface area contributed by atoms with Crippen LogP contribution in [0.25, 0.3) is 22.4 Å². The Morgan fingerprint density at radius 3 is 2.69 bits per heavy atom. The second kappa shape index (κ2) is 9.87. The molecule has 0 aliphatic carbocycles. The van der Waals surface area contributed by atoms with Crippen molar-refractivity contribution in [1.82, 2.24) is 24.4 Å². The Balaban J connectivity index is 1.52. The summed E-state index contributed by atoms with van der Waals surface area (Å²) in [6, 6.07) is 5.56. The van der Waals surface area contributed by atoms with E-state index in [4.69, 9.17) is 10.5 Å². The van der Waals surface area contributed by atoms with E-state index >= 15 is 0 Å². The Hall–Kier alpha value is -3.72. The number of rotatable bonds is 7. The molecule has 3 aromatic rings. The fraction of sp³-hybridized carbons (Fsp3) is 0.435. The van der Waals surface area contributed by atoms with Gasteiger partial charge < -0.3 is 15.0 Å². The second-order valence-corrected chi connectivity index (χ2v) is 8.57. The molecule has 1 aromatic carbocycles. The van der Waals surface area contributed by atoms with Gasteiger partial charge in [-0.3, -0.25) is 9.69 Å². The highest BCUT2D eigenvalue weighted by molar-refractivity contribution is 5.88. The maximum atomic E-state index is 13.9. The normalized spacial score (nSPS) is 15.3. The van der Waals surface area contributed by atoms with E-state index in [1.807, 2.05) is 11.0 Å². The Morgan fingerprint density at radius 1 is 1.29 bits per heavy atom. The van der Waals surface area contributed by atoms with Crippen molar-refractivity contribution in [3.05, 3.63) is 35.9 Å². The minimum atomic E-state index is -4.65. The van der Waals surface area contributed by atoms with Crippen molar-refractivity contribution in [2.24, 2.45) is 18.7 Å². The van der Waals surface area contributed by atoms with Crippen molar-refractivity contribution in [1.29, 1.82) is 5.26 Å². The van der Waals surface area contributed by atoms with Gasteiger partial charge in [-0.05, 0) is 56.5 Å². The van der Waals surface area contributed by atoms with E-state index in [9.17, 15) is 23.2 Å². The van der Waals surface area contributed by atoms with Crippen LogP contribution in [-0.2, 0) is 18.0 Å². The van der Waals surface area contributed by atoms with Gasteiger partial charge in [0, 0.05) is 12.6 Å². The maximum Gasteiger partial charge on any atom is 0.419 e. The highest BCUT2D eigenvalue weighted by Gasteiger charge is 2.35. The minimum Gasteiger partial charge on any atom is -0.493 e. The summed E-state index contributed by atoms with van der Waals surface area (Å²) in [5, 5.41) is 9.25. The number of amides is 1. The molecule has 0 spiro atoms. The summed E-state index contributed by atoms with van der Waals surface area (Å²) in [6.45, 7) is 1.81. The first-order chi connectivity index (χ1) is 16.7. The molecule has 0 atom stereocenters. The standard InChI is InChI=1S/C23H24F3N7O2/c1-32-13-29-21-20(30-19(11-27)31-22(21)32)15-2-3-17(16(10-15)23(24,25)26)35-9-6-14-4-7-33(8-5-14)12-18(28)34/h2-3,10,13-14H,4-9,12H2,1H3,(H2,28,34). The van der Waals surface area contributed by atoms with E-state index in [0.29, 0.717) is 23.5 Å². The molecule has 1 saturated heterocycles. The molecule has 12 heteroatoms. The van der Waals surface area contributed by atoms with E-state index in [0.717, 1.165) is 32.0 Å². The molecular formula is C23H24F3N7O2. The average Bonchev–Trinajstić information content (AvgIpc) is 3.19. The fourth-order valence-electron chi connectivity index (χ4n) is 4.27. The Morgan fingerprint density at radius 2 is 2.03 bits per heavy atom. The van der Waals surface area contributed by atoms with Gasteiger partial charge in [0.05, 0.1) is 25.0 Å². The number of ether oxygens (including phenoxy) is 1. The number of benzene rings is 1. The van der Waals surface area contributed by atoms with Crippen LogP contribution in [0.15, 0.2) is 24.5 Å². The van der Waals surface area contributed by atoms with Crippen LogP contribution in [0.5, 0.6) is 5.75 Å². The molecule has 1 aliphatic rings. The molecule has 2 aromatic heterocycles. The molecule has 2 N–H and O–H groups in total. The van der Waals surface area contributed by atoms with Crippen LogP contribution >= 0.6 is 0 Å². The number of nitrogens with zero attached hydrogens (tertiary/aromatic N) is 6. The van der Waals surface area contributed by atoms with E-state index in [-0.39, 0.29) is 41.9 Å². The van der Waals surface area contributed by atoms with Gasteiger partial charge in [0.2, 0.25) is 11.7 Å². The maximum absolute atomic E-state index is 13.9. The summed E-state index contributed by atoms with van der Waals surface area (Å²) in [4.78, 5) is 25.4. The van der Waals surface area contributed by atoms with Gasteiger partial charge in [-0.25, -0.2) is 9.97 Å². The number of fused-ring (bicyclic) bond motifs is 1. The largest absolute Gasteiger partial charge is 0.493 e. The number of alkyl halides is 3. The van der Waals surface area contributed by atoms with E-state index in [1.165, 1.54) is 18.5 Å². The molecule has 0 radical (unpaired) electrons. The number of hydrogen-bond donors (Lipinski definition) is 1. The average molecular weight is 487 g/mol. The number of primary amides is 1. The van der Waals surface area contributed by atoms with Crippen molar-refractivity contribution in [3.63, 3.8) is 0 Å². The zero-order chi connectivity index (χ0) is 25.2. The minimum absolute atomic E-state index is 0.138. The van der Waals surface area contributed by atoms with Gasteiger partial charge in [0.25, 0.3) is 0 Å². The molecule has 9 nitrogen and oxygen atoms in total. The van der Waals surface area contributed by atoms with Gasteiger partial charge in [-0.2, -0.15) is 23.4 Å². The van der Waals surface area contributed by atoms with E-state index < -0.39 is 11.7 Å². The Kier molecular flexibility index (Phi) is 6.88. The Bertz CT molecular complexity index is 1270. The highest BCUT2D eigenvalue weighted by atomic mass is 19.4. The van der Waals surface area contributed by atoms with Crippen LogP contribution in [-0.4, -0.2) is 56.6 Å². The molecule has 1 amide bonds. The van der Waals surface area contributed by atoms with Crippen molar-refractivity contribution < 1.29 is 22.7 Å². The summed E-state index contributed by atoms with van der Waals surface area (Å²) in [5.74, 6) is -0.494. The highest BCUT2D eigenvalue weighted by Crippen LogP contribution is 2.39. The molecule has 0 saturated carbocycles. The number of hydrogen-bond acceptors (Lipinski definition) is 7. The van der Waals surface area contributed by atoms with Gasteiger partial charge in [0.1, 0.15) is 23.0 Å². The van der Waals surface area contributed by atoms with Crippen LogP contribution in [0, 0.1) is 17.2 Å². The smallest absolute Gasteiger partial charge is 0.419 e. The zero-order valence-corrected chi connectivity index (χ0v) is 19.0. The van der Waals surface area contributed by atoms with Crippen LogP contribution < -0.4 is 10.5 Å². The van der Waals surface area contributed by atoms with E-state index in [1.54, 1.807) is 11.6 Å². The van der Waals surface area contributed by atoms with Crippen LogP contribution in [0.4, 0.5) is 13.2 Å². The van der Waals surface area contributed by atoms with Crippen LogP contribution in [0.2, 0.25) is 0 Å². The van der Waals surface area contributed by atoms with Gasteiger partial charge >= 0.3 is 6.18 Å². The first kappa shape index (κ1) is 24.4. The predicted molar refractivity (Wildman–Crippen MR) is 120 cm³/mol. The van der Waals surface area contributed by atoms with Crippen LogP contribution in [0.1, 0.15) is 30.7 Å². The zero-order valence-electron chi connectivity index (χ0n) is 19.0. The summed E-state index contributed by atoms with van der Waals surface area (Å²) in [5.41, 5.74) is 5.26. The number of aromatic nitrogens is 4. The third kappa shape index (κ3) is 5.51. The molecule has 0 unspecified atom stereocenters. The lowest BCUT2D eigenvalue weighted by atomic mass is 9.94. The van der Waals surface area contributed by atoms with Crippen molar-refractivity contribution in [2.45, 2.75) is 25.4 Å². The number of aryl methyl sites for hydroxylation is 1. The number of likely N-dealkylation sites (tertiary alicyclic amines) is 1. The molecule has 0 bridgehead atoms. The number of nitrogens with two attached hydrogens (primary N) is 1. The lowest BCUT2D eigenvalue weighted by Crippen LogP contribution is -2.39. The van der Waals surface area contributed by atoms with Gasteiger partial charge in [-0.15, -0.1) is 0 Å². The number of piperidine rings is 1. The molecule has 1 fully saturated rings. The van der Waals surface area contributed by atoms with Crippen molar-refractivity contribution >= 4 is 17.1 Å². The summed E-state index contributed by atoms with van der Waals surface area (Å²) in [7, 11) is 1.67. The first-order valence-electron chi connectivity index (χ1n) is 11.1. The monoisotopic (exact) mass is 487 g/mol. The molecule has 3 heterocycles. The third-order valence-corrected chi connectivity index (χ3v) is 6.09. The number of nitriles is 1. The number of carbonyl (C=O) groups excluding carboxylic acids is 1. The number of imidazole rings is 1. The topological polar surface area (TPSA) is 123 Å². The summed E-state index contributed by atoms with van der Waals surface area (Å²) in [6.07, 6.45) is -0.923. The van der Waals surface area contributed by atoms with E-state index in [2.05, 4.69) is 15.0 Å². The predicted octanol–water partition coefficient (Wildman–Crippen LogP) is 2.89. The van der Waals surface area contributed by atoms with Crippen LogP contribution in [0.3, 0.4) is 0 Å². The molecule has 184 valence electrons. The van der Waals surface area contributed by atoms with Crippen molar-refractivity contribution in [2.75, 3.05) is 26.2 Å². The van der Waals surface area contributed by atoms with Gasteiger partial charge in [0.15, 0.2) is 5.65 Å². The summed E-state index contributed by atoms with van der Waals surface area (Å²) < 4.78 is 48.9. The van der Waals surface area contributed by atoms with Crippen molar-refractivity contribution in [3.8, 4) is 23.1 Å². The lowest BCUT2D eigenvalue weighted by Gasteiger charge is -2.31. The Labute approximate surface area is 199 Å². The third-order valence-electron chi connectivity index (χ3n) is 6.09. The quantitative estimate of drug-likeness (QED) is 0.544. The number of carbonyl (C=O) groups is 1. The number of halogens is 3. The molecular weight excluding hydrogens is 463 g/mol. The molecule has 35 heavy (non-hydrogen) atoms. The van der Waals surface area contributed by atoms with Gasteiger partial charge in [-0.1, -0.05) is 0 Å². The second-order valence-electron chi connectivity index (χ2n) is 8.57. The summed E-state index contributed by atoms with van der Waals surface area (Å²) >= 11 is 0. The molecule has 1 aliphatic heterocycles. The SMILES string of the molecule is Cn1cnc2c(-c3ccc(OCCC4CCN(CC(N)=O)CC4)c(C(F)(F)F)c3)nc(C#N)nc21. The first-order valence-corrected chi connectivity index (χ1v) is 11.1. The molecule has 4 rings (SSSR count). The fourth-order valence-corrected chi connectivity index (χ4v) is 4.27. The lowest BCUT2D eigenvalue weighted by molar-refractivity contribution is -0.139.